The van der Waals surface area contributed by atoms with E-state index in [0.29, 0.717) is 0 Å². The number of nitrogens with one attached hydrogen (secondary N) is 3. The normalized spacial score (nSPS) is 26.1. The number of aliphatic hydroxyl groups is 3. The van der Waals surface area contributed by atoms with Gasteiger partial charge in [0.25, 0.3) is 0 Å². The maximum Gasteiger partial charge on any atom is 0.407 e. The molecule has 16 nitrogen and oxygen atoms in total. The number of carbonyl (C=O) groups is 5. The first kappa shape index (κ1) is 31.0. The van der Waals surface area contributed by atoms with Gasteiger partial charge in [-0.25, -0.2) is 4.79 Å². The summed E-state index contributed by atoms with van der Waals surface area (Å²) in [6.07, 6.45) is -9.01. The van der Waals surface area contributed by atoms with Crippen LogP contribution in [0.5, 0.6) is 0 Å². The zero-order chi connectivity index (χ0) is 27.6. The van der Waals surface area contributed by atoms with E-state index in [2.05, 4.69) is 16.0 Å². The highest BCUT2D eigenvalue weighted by Gasteiger charge is 2.47. The zero-order valence-corrected chi connectivity index (χ0v) is 20.1. The Morgan fingerprint density at radius 3 is 2.25 bits per heavy atom. The number of aliphatic hydroxyl groups excluding tert-OH is 3. The number of hydrogen-bond acceptors (Lipinski definition) is 11. The van der Waals surface area contributed by atoms with Crippen molar-refractivity contribution in [3.8, 4) is 0 Å². The van der Waals surface area contributed by atoms with E-state index in [9.17, 15) is 39.3 Å². The van der Waals surface area contributed by atoms with E-state index in [1.165, 1.54) is 13.8 Å². The summed E-state index contributed by atoms with van der Waals surface area (Å²) in [5.41, 5.74) is 5.17. The number of aliphatic carboxylic acids is 1. The van der Waals surface area contributed by atoms with Crippen molar-refractivity contribution >= 4 is 29.8 Å². The lowest BCUT2D eigenvalue weighted by Gasteiger charge is -2.43. The number of amides is 4. The molecule has 36 heavy (non-hydrogen) atoms. The average Bonchev–Trinajstić information content (AvgIpc) is 2.80. The molecule has 1 aliphatic heterocycles. The van der Waals surface area contributed by atoms with Gasteiger partial charge in [-0.2, -0.15) is 0 Å². The van der Waals surface area contributed by atoms with Crippen LogP contribution in [0.25, 0.3) is 0 Å². The molecule has 16 heteroatoms. The van der Waals surface area contributed by atoms with Crippen LogP contribution in [0, 0.1) is 0 Å². The Morgan fingerprint density at radius 2 is 1.72 bits per heavy atom. The molecule has 0 aromatic carbocycles. The van der Waals surface area contributed by atoms with E-state index in [-0.39, 0.29) is 13.0 Å². The van der Waals surface area contributed by atoms with Crippen LogP contribution in [0.1, 0.15) is 33.6 Å². The van der Waals surface area contributed by atoms with Gasteiger partial charge in [-0.15, -0.1) is 0 Å². The third-order valence-corrected chi connectivity index (χ3v) is 5.22. The lowest BCUT2D eigenvalue weighted by molar-refractivity contribution is -0.265. The zero-order valence-electron chi connectivity index (χ0n) is 20.1. The van der Waals surface area contributed by atoms with E-state index in [1.54, 1.807) is 6.92 Å². The fourth-order valence-corrected chi connectivity index (χ4v) is 3.25. The summed E-state index contributed by atoms with van der Waals surface area (Å²) in [5.74, 6) is -3.82. The third-order valence-electron chi connectivity index (χ3n) is 5.22. The third kappa shape index (κ3) is 9.19. The van der Waals surface area contributed by atoms with E-state index >= 15 is 0 Å². The number of nitrogens with two attached hydrogens (primary N) is 1. The number of hydrogen-bond donors (Lipinski definition) is 8. The summed E-state index contributed by atoms with van der Waals surface area (Å²) in [7, 11) is 0. The Balaban J connectivity index is 2.84. The molecule has 1 aliphatic rings. The van der Waals surface area contributed by atoms with Crippen molar-refractivity contribution in [2.45, 2.75) is 82.4 Å². The Morgan fingerprint density at radius 1 is 1.08 bits per heavy atom. The number of carbonyl (C=O) groups excluding carboxylic acids is 4. The average molecular weight is 523 g/mol. The van der Waals surface area contributed by atoms with Crippen LogP contribution in [-0.2, 0) is 33.4 Å². The van der Waals surface area contributed by atoms with Crippen molar-refractivity contribution in [3.05, 3.63) is 0 Å². The fraction of sp³-hybridized carbons (Fsp3) is 0.750. The van der Waals surface area contributed by atoms with Crippen LogP contribution in [0.4, 0.5) is 4.79 Å². The first-order chi connectivity index (χ1) is 16.8. The van der Waals surface area contributed by atoms with Crippen molar-refractivity contribution in [1.82, 2.24) is 16.0 Å². The van der Waals surface area contributed by atoms with Gasteiger partial charge >= 0.3 is 12.1 Å². The van der Waals surface area contributed by atoms with Gasteiger partial charge in [0, 0.05) is 6.42 Å². The van der Waals surface area contributed by atoms with Crippen molar-refractivity contribution in [2.75, 3.05) is 13.2 Å². The fourth-order valence-electron chi connectivity index (χ4n) is 3.25. The lowest BCUT2D eigenvalue weighted by atomic mass is 9.96. The standard InChI is InChI=1S/C20H34N4O12/c1-4-34-20(33)24-13-15(14(28)11(7-25)36-19(13)32)35-9(3)18(31)22-8(2)17(30)23-10(16(21)29)5-6-12(26)27/h8-11,13-15,19,25,28,32H,4-7H2,1-3H3,(H2,21,29)(H,22,31)(H,23,30)(H,24,33)(H,26,27)/t8-,9+,10+,11+,13+,14+,15+,19?/m0/s1. The van der Waals surface area contributed by atoms with E-state index in [4.69, 9.17) is 25.1 Å². The first-order valence-electron chi connectivity index (χ1n) is 11.1. The van der Waals surface area contributed by atoms with Gasteiger partial charge < -0.3 is 56.3 Å². The summed E-state index contributed by atoms with van der Waals surface area (Å²) in [6, 6.07) is -3.87. The molecule has 0 aromatic heterocycles. The van der Waals surface area contributed by atoms with Crippen LogP contribution in [-0.4, -0.2) is 112 Å². The molecule has 1 rings (SSSR count). The summed E-state index contributed by atoms with van der Waals surface area (Å²) in [5, 5.41) is 45.7. The highest BCUT2D eigenvalue weighted by atomic mass is 16.6. The number of carboxylic acids is 1. The van der Waals surface area contributed by atoms with Gasteiger partial charge in [0.05, 0.1) is 13.2 Å². The topological polar surface area (TPSA) is 256 Å². The molecule has 1 unspecified atom stereocenters. The number of ether oxygens (including phenoxy) is 3. The Kier molecular flexibility index (Phi) is 12.5. The van der Waals surface area contributed by atoms with Crippen LogP contribution in [0.15, 0.2) is 0 Å². The molecule has 206 valence electrons. The van der Waals surface area contributed by atoms with Gasteiger partial charge in [0.15, 0.2) is 6.29 Å². The highest BCUT2D eigenvalue weighted by molar-refractivity contribution is 5.92. The van der Waals surface area contributed by atoms with Crippen molar-refractivity contribution in [2.24, 2.45) is 5.73 Å². The summed E-state index contributed by atoms with van der Waals surface area (Å²) < 4.78 is 15.4. The summed E-state index contributed by atoms with van der Waals surface area (Å²) in [4.78, 5) is 59.0. The number of alkyl carbamates (subject to hydrolysis) is 1. The van der Waals surface area contributed by atoms with Gasteiger partial charge in [0.1, 0.15) is 42.5 Å². The van der Waals surface area contributed by atoms with Gasteiger partial charge in [-0.05, 0) is 27.2 Å². The molecule has 1 heterocycles. The van der Waals surface area contributed by atoms with Crippen molar-refractivity contribution in [3.63, 3.8) is 0 Å². The van der Waals surface area contributed by atoms with E-state index in [1.807, 2.05) is 0 Å². The highest BCUT2D eigenvalue weighted by Crippen LogP contribution is 2.24. The minimum atomic E-state index is -1.73. The second-order valence-electron chi connectivity index (χ2n) is 8.00. The maximum absolute atomic E-state index is 12.6. The Labute approximate surface area is 206 Å². The predicted octanol–water partition coefficient (Wildman–Crippen LogP) is -3.72. The van der Waals surface area contributed by atoms with Crippen LogP contribution < -0.4 is 21.7 Å². The Hall–Kier alpha value is -3.05. The number of primary amides is 1. The second-order valence-corrected chi connectivity index (χ2v) is 8.00. The monoisotopic (exact) mass is 522 g/mol. The SMILES string of the molecule is CCOC(=O)N[C@H]1C(O)O[C@H](CO)[C@@H](O)[C@@H]1O[C@H](C)C(=O)N[C@@H](C)C(=O)N[C@H](CCC(=O)O)C(N)=O. The maximum atomic E-state index is 12.6. The largest absolute Gasteiger partial charge is 0.481 e. The predicted molar refractivity (Wildman–Crippen MR) is 118 cm³/mol. The molecule has 9 N–H and O–H groups in total. The smallest absolute Gasteiger partial charge is 0.407 e. The van der Waals surface area contributed by atoms with Crippen LogP contribution in [0.2, 0.25) is 0 Å². The van der Waals surface area contributed by atoms with E-state index < -0.39 is 91.6 Å². The van der Waals surface area contributed by atoms with Gasteiger partial charge in [0.2, 0.25) is 17.7 Å². The van der Waals surface area contributed by atoms with Crippen LogP contribution in [0.3, 0.4) is 0 Å². The molecule has 8 atom stereocenters. The molecule has 0 radical (unpaired) electrons. The molecule has 0 saturated carbocycles. The Bertz CT molecular complexity index is 797. The molecular formula is C20H34N4O12. The molecule has 0 aliphatic carbocycles. The van der Waals surface area contributed by atoms with Gasteiger partial charge in [-0.1, -0.05) is 0 Å². The second kappa shape index (κ2) is 14.5. The first-order valence-corrected chi connectivity index (χ1v) is 11.1. The van der Waals surface area contributed by atoms with E-state index in [0.717, 1.165) is 0 Å². The van der Waals surface area contributed by atoms with Crippen LogP contribution >= 0.6 is 0 Å². The molecular weight excluding hydrogens is 488 g/mol. The lowest BCUT2D eigenvalue weighted by Crippen LogP contribution is -2.66. The number of carboxylic acid groups (broad SMARTS) is 1. The quantitative estimate of drug-likeness (QED) is 0.116. The number of rotatable bonds is 13. The summed E-state index contributed by atoms with van der Waals surface area (Å²) in [6.45, 7) is 3.40. The minimum Gasteiger partial charge on any atom is -0.481 e. The molecule has 1 fully saturated rings. The molecule has 1 saturated heterocycles. The molecule has 0 bridgehead atoms. The molecule has 0 aromatic rings. The molecule has 0 spiro atoms. The van der Waals surface area contributed by atoms with Gasteiger partial charge in [-0.3, -0.25) is 19.2 Å². The molecule has 4 amide bonds. The minimum absolute atomic E-state index is 0.00846. The van der Waals surface area contributed by atoms with Crippen molar-refractivity contribution in [1.29, 1.82) is 0 Å². The van der Waals surface area contributed by atoms with Crippen molar-refractivity contribution < 1.29 is 58.6 Å². The summed E-state index contributed by atoms with van der Waals surface area (Å²) >= 11 is 0.